The van der Waals surface area contributed by atoms with Gasteiger partial charge in [0.05, 0.1) is 12.2 Å². The normalized spacial score (nSPS) is 23.1. The van der Waals surface area contributed by atoms with Gasteiger partial charge < -0.3 is 4.90 Å². The second kappa shape index (κ2) is 8.34. The van der Waals surface area contributed by atoms with Crippen LogP contribution in [0.3, 0.4) is 0 Å². The molecule has 3 fully saturated rings. The van der Waals surface area contributed by atoms with Crippen molar-refractivity contribution in [3.05, 3.63) is 64.1 Å². The lowest BCUT2D eigenvalue weighted by Gasteiger charge is -2.59. The number of hydrogen-bond acceptors (Lipinski definition) is 5. The lowest BCUT2D eigenvalue weighted by Crippen LogP contribution is -2.62. The molecule has 2 aliphatic heterocycles. The van der Waals surface area contributed by atoms with Gasteiger partial charge in [-0.05, 0) is 55.7 Å². The Morgan fingerprint density at radius 3 is 2.40 bits per heavy atom. The molecule has 0 radical (unpaired) electrons. The Hall–Kier alpha value is -2.86. The van der Waals surface area contributed by atoms with Crippen molar-refractivity contribution in [3.63, 3.8) is 0 Å². The van der Waals surface area contributed by atoms with Gasteiger partial charge in [-0.3, -0.25) is 9.47 Å². The minimum Gasteiger partial charge on any atom is -0.355 e. The van der Waals surface area contributed by atoms with E-state index in [9.17, 15) is 26.3 Å². The number of pyridine rings is 1. The minimum absolute atomic E-state index is 0.0778. The zero-order valence-electron chi connectivity index (χ0n) is 21.4. The van der Waals surface area contributed by atoms with E-state index < -0.39 is 29.1 Å². The van der Waals surface area contributed by atoms with E-state index in [1.54, 1.807) is 11.0 Å². The fourth-order valence-corrected chi connectivity index (χ4v) is 7.31. The summed E-state index contributed by atoms with van der Waals surface area (Å²) in [7, 11) is 0. The van der Waals surface area contributed by atoms with Crippen LogP contribution in [0.5, 0.6) is 0 Å². The van der Waals surface area contributed by atoms with E-state index >= 15 is 0 Å². The van der Waals surface area contributed by atoms with Crippen molar-refractivity contribution >= 4 is 17.4 Å². The molecule has 40 heavy (non-hydrogen) atoms. The molecule has 0 bridgehead atoms. The fraction of sp³-hybridized carbons (Fsp3) is 0.519. The SMILES string of the molecule is CC1(N2Cc3cc(Cl)ccc3-n3c(nnc3C3CC4(C3)CN(c3ccc(F)c(C(F)(F)F)n3)C4)C2)CC(F)(F)C1. The molecule has 2 aliphatic carbocycles. The minimum atomic E-state index is -4.86. The van der Waals surface area contributed by atoms with Gasteiger partial charge in [0.15, 0.2) is 17.3 Å². The Morgan fingerprint density at radius 2 is 1.73 bits per heavy atom. The van der Waals surface area contributed by atoms with Crippen molar-refractivity contribution < 1.29 is 26.3 Å². The molecule has 0 amide bonds. The monoisotopic (exact) mass is 582 g/mol. The molecule has 2 aromatic heterocycles. The molecular formula is C27H25ClF6N6. The molecule has 4 heterocycles. The summed E-state index contributed by atoms with van der Waals surface area (Å²) in [6.07, 6.45) is -3.75. The summed E-state index contributed by atoms with van der Waals surface area (Å²) in [5, 5.41) is 9.57. The van der Waals surface area contributed by atoms with E-state index in [2.05, 4.69) is 15.2 Å². The van der Waals surface area contributed by atoms with Crippen LogP contribution in [-0.4, -0.2) is 49.2 Å². The largest absolute Gasteiger partial charge is 0.436 e. The van der Waals surface area contributed by atoms with Gasteiger partial charge in [-0.15, -0.1) is 10.2 Å². The number of rotatable bonds is 3. The maximum absolute atomic E-state index is 13.9. The number of halogens is 7. The van der Waals surface area contributed by atoms with Crippen molar-refractivity contribution in [2.24, 2.45) is 5.41 Å². The van der Waals surface area contributed by atoms with Gasteiger partial charge in [0.2, 0.25) is 0 Å². The first-order valence-corrected chi connectivity index (χ1v) is 13.5. The summed E-state index contributed by atoms with van der Waals surface area (Å²) in [6, 6.07) is 7.65. The number of fused-ring (bicyclic) bond motifs is 3. The number of aromatic nitrogens is 4. The van der Waals surface area contributed by atoms with Crippen LogP contribution in [-0.2, 0) is 19.3 Å². The zero-order chi connectivity index (χ0) is 28.2. The highest BCUT2D eigenvalue weighted by Gasteiger charge is 2.58. The summed E-state index contributed by atoms with van der Waals surface area (Å²) < 4.78 is 82.8. The summed E-state index contributed by atoms with van der Waals surface area (Å²) in [4.78, 5) is 7.31. The van der Waals surface area contributed by atoms with Gasteiger partial charge in [0.25, 0.3) is 5.92 Å². The van der Waals surface area contributed by atoms with Gasteiger partial charge in [-0.25, -0.2) is 18.2 Å². The smallest absolute Gasteiger partial charge is 0.355 e. The second-order valence-corrected chi connectivity index (χ2v) is 12.5. The predicted octanol–water partition coefficient (Wildman–Crippen LogP) is 6.36. The summed E-state index contributed by atoms with van der Waals surface area (Å²) >= 11 is 6.33. The molecule has 0 N–H and O–H groups in total. The maximum atomic E-state index is 13.9. The van der Waals surface area contributed by atoms with E-state index in [4.69, 9.17) is 11.6 Å². The number of hydrogen-bond donors (Lipinski definition) is 0. The molecule has 1 saturated heterocycles. The molecule has 1 aromatic carbocycles. The van der Waals surface area contributed by atoms with Crippen LogP contribution in [0.2, 0.25) is 5.02 Å². The van der Waals surface area contributed by atoms with Crippen molar-refractivity contribution in [1.29, 1.82) is 0 Å². The Balaban J connectivity index is 1.11. The molecule has 2 saturated carbocycles. The van der Waals surface area contributed by atoms with Crippen molar-refractivity contribution in [2.45, 2.75) is 69.3 Å². The Kier molecular flexibility index (Phi) is 5.44. The maximum Gasteiger partial charge on any atom is 0.436 e. The number of nitrogens with zero attached hydrogens (tertiary/aromatic N) is 6. The molecule has 3 aromatic rings. The van der Waals surface area contributed by atoms with Crippen LogP contribution in [0.25, 0.3) is 5.69 Å². The molecular weight excluding hydrogens is 558 g/mol. The lowest BCUT2D eigenvalue weighted by atomic mass is 9.57. The average molecular weight is 583 g/mol. The first-order chi connectivity index (χ1) is 18.7. The van der Waals surface area contributed by atoms with Crippen molar-refractivity contribution in [1.82, 2.24) is 24.6 Å². The number of anilines is 1. The summed E-state index contributed by atoms with van der Waals surface area (Å²) in [6.45, 7) is 3.72. The third kappa shape index (κ3) is 4.08. The van der Waals surface area contributed by atoms with Gasteiger partial charge >= 0.3 is 6.18 Å². The summed E-state index contributed by atoms with van der Waals surface area (Å²) in [5.41, 5.74) is -0.467. The topological polar surface area (TPSA) is 50.1 Å². The van der Waals surface area contributed by atoms with E-state index in [1.165, 1.54) is 6.07 Å². The van der Waals surface area contributed by atoms with Gasteiger partial charge in [-0.1, -0.05) is 11.6 Å². The molecule has 212 valence electrons. The fourth-order valence-electron chi connectivity index (χ4n) is 7.12. The van der Waals surface area contributed by atoms with Crippen molar-refractivity contribution in [3.8, 4) is 5.69 Å². The van der Waals surface area contributed by atoms with E-state index in [-0.39, 0.29) is 30.0 Å². The molecule has 7 rings (SSSR count). The third-order valence-electron chi connectivity index (χ3n) is 8.97. The Labute approximate surface area is 230 Å². The molecule has 0 atom stereocenters. The standard InChI is InChI=1S/C27H25ClF6N6/c1-24(11-26(30,31)12-24)39-9-15-6-17(28)2-4-19(15)40-21(10-39)36-37-23(40)16-7-25(8-16)13-38(14-25)20-5-3-18(29)22(35-20)27(32,33)34/h2-6,16H,7-14H2,1H3. The quantitative estimate of drug-likeness (QED) is 0.336. The van der Waals surface area contributed by atoms with Crippen LogP contribution in [0.15, 0.2) is 30.3 Å². The first-order valence-electron chi connectivity index (χ1n) is 13.1. The van der Waals surface area contributed by atoms with E-state index in [1.807, 2.05) is 28.5 Å². The molecule has 4 aliphatic rings. The predicted molar refractivity (Wildman–Crippen MR) is 134 cm³/mol. The second-order valence-electron chi connectivity index (χ2n) is 12.1. The first kappa shape index (κ1) is 26.1. The summed E-state index contributed by atoms with van der Waals surface area (Å²) in [5.74, 6) is -2.41. The van der Waals surface area contributed by atoms with Crippen LogP contribution >= 0.6 is 11.6 Å². The van der Waals surface area contributed by atoms with Crippen LogP contribution < -0.4 is 4.90 Å². The van der Waals surface area contributed by atoms with Gasteiger partial charge in [0, 0.05) is 54.4 Å². The molecule has 1 spiro atoms. The third-order valence-corrected chi connectivity index (χ3v) is 9.21. The van der Waals surface area contributed by atoms with E-state index in [0.29, 0.717) is 37.0 Å². The highest BCUT2D eigenvalue weighted by molar-refractivity contribution is 6.30. The highest BCUT2D eigenvalue weighted by atomic mass is 35.5. The highest BCUT2D eigenvalue weighted by Crippen LogP contribution is 2.57. The molecule has 13 heteroatoms. The van der Waals surface area contributed by atoms with Gasteiger partial charge in [-0.2, -0.15) is 13.2 Å². The number of benzene rings is 1. The Morgan fingerprint density at radius 1 is 1.00 bits per heavy atom. The van der Waals surface area contributed by atoms with E-state index in [0.717, 1.165) is 36.0 Å². The molecule has 0 unspecified atom stereocenters. The number of alkyl halides is 5. The van der Waals surface area contributed by atoms with Crippen LogP contribution in [0.4, 0.5) is 32.2 Å². The Bertz CT molecular complexity index is 1500. The van der Waals surface area contributed by atoms with Crippen LogP contribution in [0.1, 0.15) is 61.4 Å². The average Bonchev–Trinajstić information content (AvgIpc) is 3.11. The zero-order valence-corrected chi connectivity index (χ0v) is 22.2. The lowest BCUT2D eigenvalue weighted by molar-refractivity contribution is -0.173. The van der Waals surface area contributed by atoms with Crippen molar-refractivity contribution in [2.75, 3.05) is 18.0 Å². The van der Waals surface area contributed by atoms with Crippen LogP contribution in [0, 0.1) is 11.2 Å². The molecule has 6 nitrogen and oxygen atoms in total. The van der Waals surface area contributed by atoms with Gasteiger partial charge in [0.1, 0.15) is 11.6 Å².